The van der Waals surface area contributed by atoms with E-state index in [-0.39, 0.29) is 24.3 Å². The van der Waals surface area contributed by atoms with Gasteiger partial charge in [0.05, 0.1) is 11.8 Å². The van der Waals surface area contributed by atoms with Crippen LogP contribution in [0.4, 0.5) is 18.9 Å². The maximum Gasteiger partial charge on any atom is 0.416 e. The second-order valence-corrected chi connectivity index (χ2v) is 5.51. The second-order valence-electron chi connectivity index (χ2n) is 5.51. The molecule has 0 heterocycles. The van der Waals surface area contributed by atoms with Crippen LogP contribution >= 0.6 is 0 Å². The van der Waals surface area contributed by atoms with Gasteiger partial charge in [0, 0.05) is 18.5 Å². The van der Waals surface area contributed by atoms with Crippen LogP contribution in [-0.4, -0.2) is 23.1 Å². The molecule has 9 heteroatoms. The molecule has 27 heavy (non-hydrogen) atoms. The molecule has 0 radical (unpaired) electrons. The van der Waals surface area contributed by atoms with Gasteiger partial charge in [0.25, 0.3) is 0 Å². The van der Waals surface area contributed by atoms with Crippen LogP contribution < -0.4 is 10.7 Å². The first-order valence-electron chi connectivity index (χ1n) is 7.82. The first-order chi connectivity index (χ1) is 12.7. The predicted octanol–water partition coefficient (Wildman–Crippen LogP) is 3.28. The first kappa shape index (κ1) is 20.0. The minimum Gasteiger partial charge on any atom is -0.508 e. The molecule has 0 saturated heterocycles. The third kappa shape index (κ3) is 6.81. The van der Waals surface area contributed by atoms with Gasteiger partial charge in [-0.1, -0.05) is 6.07 Å². The van der Waals surface area contributed by atoms with Gasteiger partial charge in [0.1, 0.15) is 5.75 Å². The molecule has 0 aromatic heterocycles. The van der Waals surface area contributed by atoms with Gasteiger partial charge in [0.2, 0.25) is 11.8 Å². The number of nitrogens with zero attached hydrogens (tertiary/aromatic N) is 1. The first-order valence-corrected chi connectivity index (χ1v) is 7.82. The molecule has 0 fully saturated rings. The van der Waals surface area contributed by atoms with Crippen molar-refractivity contribution in [3.8, 4) is 5.75 Å². The minimum absolute atomic E-state index is 0.000541. The number of aromatic hydroxyl groups is 1. The Bertz CT molecular complexity index is 834. The molecule has 6 nitrogen and oxygen atoms in total. The van der Waals surface area contributed by atoms with E-state index in [4.69, 9.17) is 5.11 Å². The van der Waals surface area contributed by atoms with Gasteiger partial charge in [-0.3, -0.25) is 9.59 Å². The molecule has 2 amide bonds. The van der Waals surface area contributed by atoms with E-state index >= 15 is 0 Å². The number of phenolic OH excluding ortho intramolecular Hbond substituents is 1. The lowest BCUT2D eigenvalue weighted by atomic mass is 10.2. The van der Waals surface area contributed by atoms with E-state index in [1.54, 1.807) is 12.1 Å². The Morgan fingerprint density at radius 2 is 1.70 bits per heavy atom. The molecule has 2 aromatic carbocycles. The molecule has 0 atom stereocenters. The van der Waals surface area contributed by atoms with Crippen LogP contribution in [0.3, 0.4) is 0 Å². The monoisotopic (exact) mass is 379 g/mol. The highest BCUT2D eigenvalue weighted by atomic mass is 19.4. The van der Waals surface area contributed by atoms with Crippen molar-refractivity contribution in [1.82, 2.24) is 5.43 Å². The highest BCUT2D eigenvalue weighted by Gasteiger charge is 2.30. The normalized spacial score (nSPS) is 11.4. The highest BCUT2D eigenvalue weighted by Crippen LogP contribution is 2.30. The quantitative estimate of drug-likeness (QED) is 0.531. The number of phenols is 1. The fourth-order valence-electron chi connectivity index (χ4n) is 2.02. The molecule has 142 valence electrons. The Hall–Kier alpha value is -3.36. The summed E-state index contributed by atoms with van der Waals surface area (Å²) < 4.78 is 37.9. The number of hydrazone groups is 1. The lowest BCUT2D eigenvalue weighted by molar-refractivity contribution is -0.137. The molecule has 0 saturated carbocycles. The Morgan fingerprint density at radius 1 is 1.04 bits per heavy atom. The zero-order valence-corrected chi connectivity index (χ0v) is 14.0. The van der Waals surface area contributed by atoms with Crippen molar-refractivity contribution in [1.29, 1.82) is 0 Å². The Morgan fingerprint density at radius 3 is 2.37 bits per heavy atom. The summed E-state index contributed by atoms with van der Waals surface area (Å²) in [5.41, 5.74) is 2.01. The van der Waals surface area contributed by atoms with Crippen LogP contribution in [-0.2, 0) is 15.8 Å². The summed E-state index contributed by atoms with van der Waals surface area (Å²) in [6.45, 7) is 0. The number of alkyl halides is 3. The molecule has 2 aromatic rings. The average molecular weight is 379 g/mol. The van der Waals surface area contributed by atoms with E-state index in [9.17, 15) is 22.8 Å². The van der Waals surface area contributed by atoms with Crippen LogP contribution in [0.5, 0.6) is 5.75 Å². The van der Waals surface area contributed by atoms with Gasteiger partial charge in [-0.25, -0.2) is 5.43 Å². The number of hydrogen-bond donors (Lipinski definition) is 3. The SMILES string of the molecule is O=C(CCC(=O)Nc1cccc(C(F)(F)F)c1)N/N=C/c1ccc(O)cc1. The van der Waals surface area contributed by atoms with Crippen molar-refractivity contribution in [3.63, 3.8) is 0 Å². The zero-order valence-electron chi connectivity index (χ0n) is 14.0. The molecule has 0 aliphatic carbocycles. The van der Waals surface area contributed by atoms with Gasteiger partial charge in [-0.15, -0.1) is 0 Å². The molecule has 0 aliphatic rings. The fourth-order valence-corrected chi connectivity index (χ4v) is 2.02. The number of rotatable bonds is 6. The lowest BCUT2D eigenvalue weighted by Crippen LogP contribution is -2.20. The number of halogens is 3. The van der Waals surface area contributed by atoms with E-state index in [0.29, 0.717) is 5.56 Å². The van der Waals surface area contributed by atoms with Crippen molar-refractivity contribution >= 4 is 23.7 Å². The van der Waals surface area contributed by atoms with Crippen LogP contribution in [0.2, 0.25) is 0 Å². The summed E-state index contributed by atoms with van der Waals surface area (Å²) >= 11 is 0. The van der Waals surface area contributed by atoms with Crippen molar-refractivity contribution in [2.45, 2.75) is 19.0 Å². The molecule has 3 N–H and O–H groups in total. The summed E-state index contributed by atoms with van der Waals surface area (Å²) in [4.78, 5) is 23.4. The number of hydrogen-bond acceptors (Lipinski definition) is 4. The second kappa shape index (κ2) is 8.84. The van der Waals surface area contributed by atoms with E-state index in [0.717, 1.165) is 12.1 Å². The summed E-state index contributed by atoms with van der Waals surface area (Å²) in [7, 11) is 0. The molecule has 2 rings (SSSR count). The number of carbonyl (C=O) groups excluding carboxylic acids is 2. The fraction of sp³-hybridized carbons (Fsp3) is 0.167. The molecule has 0 unspecified atom stereocenters. The summed E-state index contributed by atoms with van der Waals surface area (Å²) in [5, 5.41) is 15.2. The maximum absolute atomic E-state index is 12.6. The standard InChI is InChI=1S/C18H16F3N3O3/c19-18(20,21)13-2-1-3-14(10-13)23-16(26)8-9-17(27)24-22-11-12-4-6-15(25)7-5-12/h1-7,10-11,25H,8-9H2,(H,23,26)(H,24,27)/b22-11+. The largest absolute Gasteiger partial charge is 0.508 e. The van der Waals surface area contributed by atoms with E-state index in [1.165, 1.54) is 30.5 Å². The molecular weight excluding hydrogens is 363 g/mol. The predicted molar refractivity (Wildman–Crippen MR) is 93.2 cm³/mol. The van der Waals surface area contributed by atoms with Crippen molar-refractivity contribution in [2.75, 3.05) is 5.32 Å². The molecular formula is C18H16F3N3O3. The number of anilines is 1. The van der Waals surface area contributed by atoms with E-state index < -0.39 is 23.6 Å². The van der Waals surface area contributed by atoms with Gasteiger partial charge >= 0.3 is 6.18 Å². The Labute approximate surface area is 152 Å². The Kier molecular flexibility index (Phi) is 6.53. The summed E-state index contributed by atoms with van der Waals surface area (Å²) in [6, 6.07) is 10.3. The number of benzene rings is 2. The summed E-state index contributed by atoms with van der Waals surface area (Å²) in [5.74, 6) is -1.01. The average Bonchev–Trinajstić information content (AvgIpc) is 2.61. The number of carbonyl (C=O) groups is 2. The smallest absolute Gasteiger partial charge is 0.416 e. The van der Waals surface area contributed by atoms with Crippen LogP contribution in [0, 0.1) is 0 Å². The van der Waals surface area contributed by atoms with Gasteiger partial charge in [-0.2, -0.15) is 18.3 Å². The van der Waals surface area contributed by atoms with E-state index in [2.05, 4.69) is 15.8 Å². The van der Waals surface area contributed by atoms with Gasteiger partial charge in [-0.05, 0) is 48.0 Å². The van der Waals surface area contributed by atoms with Crippen molar-refractivity contribution < 1.29 is 27.9 Å². The third-order valence-corrected chi connectivity index (χ3v) is 3.35. The molecule has 0 aliphatic heterocycles. The van der Waals surface area contributed by atoms with E-state index in [1.807, 2.05) is 0 Å². The number of nitrogens with one attached hydrogen (secondary N) is 2. The zero-order chi connectivity index (χ0) is 19.9. The Balaban J connectivity index is 1.78. The van der Waals surface area contributed by atoms with Gasteiger partial charge < -0.3 is 10.4 Å². The summed E-state index contributed by atoms with van der Waals surface area (Å²) in [6.07, 6.45) is -3.54. The van der Waals surface area contributed by atoms with Gasteiger partial charge in [0.15, 0.2) is 0 Å². The maximum atomic E-state index is 12.6. The van der Waals surface area contributed by atoms with Crippen molar-refractivity contribution in [2.24, 2.45) is 5.10 Å². The third-order valence-electron chi connectivity index (χ3n) is 3.35. The van der Waals surface area contributed by atoms with Crippen LogP contribution in [0.1, 0.15) is 24.0 Å². The lowest BCUT2D eigenvalue weighted by Gasteiger charge is -2.09. The van der Waals surface area contributed by atoms with Crippen molar-refractivity contribution in [3.05, 3.63) is 59.7 Å². The highest BCUT2D eigenvalue weighted by molar-refractivity contribution is 5.93. The topological polar surface area (TPSA) is 90.8 Å². The van der Waals surface area contributed by atoms with Crippen LogP contribution in [0.15, 0.2) is 53.6 Å². The molecule has 0 spiro atoms. The molecule has 0 bridgehead atoms. The number of amides is 2. The van der Waals surface area contributed by atoms with Crippen LogP contribution in [0.25, 0.3) is 0 Å². The minimum atomic E-state index is -4.50.